The van der Waals surface area contributed by atoms with Crippen LogP contribution < -0.4 is 0 Å². The molecule has 0 heteroatoms. The first-order chi connectivity index (χ1) is 9.79. The summed E-state index contributed by atoms with van der Waals surface area (Å²) in [7, 11) is 0. The highest BCUT2D eigenvalue weighted by molar-refractivity contribution is 5.58. The van der Waals surface area contributed by atoms with E-state index in [0.29, 0.717) is 10.8 Å². The van der Waals surface area contributed by atoms with Gasteiger partial charge in [0, 0.05) is 22.7 Å². The fraction of sp³-hybridized carbons (Fsp3) is 0.600. The van der Waals surface area contributed by atoms with Gasteiger partial charge in [0.1, 0.15) is 0 Å². The Kier molecular flexibility index (Phi) is 1.97. The average molecular weight is 264 g/mol. The first kappa shape index (κ1) is 11.6. The second kappa shape index (κ2) is 3.40. The summed E-state index contributed by atoms with van der Waals surface area (Å²) in [5.41, 5.74) is 4.50. The summed E-state index contributed by atoms with van der Waals surface area (Å²) in [6.45, 7) is 4.61. The van der Waals surface area contributed by atoms with Crippen LogP contribution in [0.1, 0.15) is 39.5 Å². The van der Waals surface area contributed by atoms with E-state index in [0.717, 1.165) is 23.7 Å². The van der Waals surface area contributed by atoms with Gasteiger partial charge in [-0.05, 0) is 24.7 Å². The van der Waals surface area contributed by atoms with Crippen molar-refractivity contribution >= 4 is 0 Å². The fourth-order valence-corrected chi connectivity index (χ4v) is 6.47. The molecule has 20 heavy (non-hydrogen) atoms. The zero-order valence-electron chi connectivity index (χ0n) is 12.6. The predicted molar refractivity (Wildman–Crippen MR) is 83.1 cm³/mol. The highest BCUT2D eigenvalue weighted by Gasteiger charge is 2.79. The van der Waals surface area contributed by atoms with Gasteiger partial charge in [0.05, 0.1) is 0 Å². The Morgan fingerprint density at radius 3 is 1.60 bits per heavy atom. The van der Waals surface area contributed by atoms with E-state index in [1.807, 2.05) is 0 Å². The summed E-state index contributed by atoms with van der Waals surface area (Å²) in [5.74, 6) is 3.20. The molecule has 0 heterocycles. The molecule has 5 aliphatic carbocycles. The van der Waals surface area contributed by atoms with Gasteiger partial charge in [-0.25, -0.2) is 0 Å². The van der Waals surface area contributed by atoms with E-state index in [9.17, 15) is 0 Å². The molecule has 0 amide bonds. The molecule has 0 N–H and O–H groups in total. The molecule has 1 saturated carbocycles. The maximum atomic E-state index is 2.68. The van der Waals surface area contributed by atoms with Crippen LogP contribution in [0.25, 0.3) is 0 Å². The molecule has 5 aliphatic rings. The Hall–Kier alpha value is -1.04. The monoisotopic (exact) mass is 264 g/mol. The highest BCUT2D eigenvalue weighted by atomic mass is 14.8. The molecule has 0 bridgehead atoms. The smallest absolute Gasteiger partial charge is 0.0128 e. The van der Waals surface area contributed by atoms with Crippen LogP contribution in [0, 0.1) is 34.5 Å². The van der Waals surface area contributed by atoms with Crippen molar-refractivity contribution in [2.24, 2.45) is 34.5 Å². The molecule has 0 unspecified atom stereocenters. The van der Waals surface area contributed by atoms with E-state index in [1.54, 1.807) is 11.1 Å². The Bertz CT molecular complexity index is 536. The van der Waals surface area contributed by atoms with Gasteiger partial charge in [-0.3, -0.25) is 0 Å². The second-order valence-corrected chi connectivity index (χ2v) is 7.62. The van der Waals surface area contributed by atoms with Gasteiger partial charge >= 0.3 is 0 Å². The van der Waals surface area contributed by atoms with E-state index in [2.05, 4.69) is 50.3 Å². The quantitative estimate of drug-likeness (QED) is 0.623. The average Bonchev–Trinajstić information content (AvgIpc) is 2.81. The van der Waals surface area contributed by atoms with Gasteiger partial charge in [0.2, 0.25) is 0 Å². The highest BCUT2D eigenvalue weighted by Crippen LogP contribution is 2.84. The topological polar surface area (TPSA) is 0 Å². The van der Waals surface area contributed by atoms with E-state index in [-0.39, 0.29) is 0 Å². The van der Waals surface area contributed by atoms with E-state index < -0.39 is 0 Å². The van der Waals surface area contributed by atoms with E-state index in [1.165, 1.54) is 25.7 Å². The van der Waals surface area contributed by atoms with Crippen LogP contribution in [0.15, 0.2) is 47.6 Å². The molecule has 0 aromatic carbocycles. The summed E-state index contributed by atoms with van der Waals surface area (Å²) in [6, 6.07) is 0. The van der Waals surface area contributed by atoms with Crippen LogP contribution in [0.5, 0.6) is 0 Å². The largest absolute Gasteiger partial charge is 0.0829 e. The summed E-state index contributed by atoms with van der Waals surface area (Å²) in [4.78, 5) is 0. The third kappa shape index (κ3) is 0.908. The minimum Gasteiger partial charge on any atom is -0.0829 e. The molecule has 1 fully saturated rings. The molecular weight excluding hydrogens is 240 g/mol. The zero-order valence-corrected chi connectivity index (χ0v) is 12.6. The van der Waals surface area contributed by atoms with Crippen molar-refractivity contribution in [3.8, 4) is 0 Å². The Morgan fingerprint density at radius 2 is 1.20 bits per heavy atom. The lowest BCUT2D eigenvalue weighted by atomic mass is 9.30. The van der Waals surface area contributed by atoms with Gasteiger partial charge in [0.25, 0.3) is 0 Å². The Morgan fingerprint density at radius 1 is 0.750 bits per heavy atom. The third-order valence-electron chi connectivity index (χ3n) is 6.97. The molecular formula is C20H24. The Balaban J connectivity index is 1.52. The van der Waals surface area contributed by atoms with Crippen molar-refractivity contribution in [1.29, 1.82) is 0 Å². The predicted octanol–water partition coefficient (Wildman–Crippen LogP) is 5.06. The molecule has 0 radical (unpaired) electrons. The van der Waals surface area contributed by atoms with Crippen molar-refractivity contribution in [2.75, 3.05) is 0 Å². The van der Waals surface area contributed by atoms with Gasteiger partial charge in [-0.15, -0.1) is 0 Å². The standard InChI is InChI=1S/C20H24/c1-3-5-13-11-19-15(13)7-9-17(19)20-12-14(6-4-2)16(20)8-10-18(19)20/h7-12,15-18H,3-6H2,1-2H3/t15-,16-,17?,18?,19?,20?/m0/s1. The summed E-state index contributed by atoms with van der Waals surface area (Å²) in [6.07, 6.45) is 20.9. The summed E-state index contributed by atoms with van der Waals surface area (Å²) < 4.78 is 0. The van der Waals surface area contributed by atoms with Crippen LogP contribution in [0.4, 0.5) is 0 Å². The molecule has 0 aromatic heterocycles. The molecule has 0 aromatic rings. The zero-order chi connectivity index (χ0) is 13.5. The molecule has 0 aliphatic heterocycles. The molecule has 5 rings (SSSR count). The maximum absolute atomic E-state index is 2.68. The number of rotatable bonds is 4. The molecule has 0 saturated heterocycles. The van der Waals surface area contributed by atoms with Crippen molar-refractivity contribution in [3.63, 3.8) is 0 Å². The number of hydrogen-bond acceptors (Lipinski definition) is 0. The normalized spacial score (nSPS) is 51.9. The van der Waals surface area contributed by atoms with Crippen LogP contribution >= 0.6 is 0 Å². The van der Waals surface area contributed by atoms with Crippen LogP contribution in [-0.4, -0.2) is 0 Å². The maximum Gasteiger partial charge on any atom is 0.0128 e. The molecule has 2 spiro atoms. The Labute approximate surface area is 122 Å². The number of hydrogen-bond donors (Lipinski definition) is 0. The van der Waals surface area contributed by atoms with E-state index in [4.69, 9.17) is 0 Å². The second-order valence-electron chi connectivity index (χ2n) is 7.62. The SMILES string of the molecule is CCCC1=CC23C(C=C[C@@H]12)C12C=C(CCC)[C@@H]1C=CC32. The van der Waals surface area contributed by atoms with Crippen LogP contribution in [0.3, 0.4) is 0 Å². The van der Waals surface area contributed by atoms with Crippen molar-refractivity contribution in [1.82, 2.24) is 0 Å². The minimum atomic E-state index is 0.518. The van der Waals surface area contributed by atoms with Crippen LogP contribution in [-0.2, 0) is 0 Å². The van der Waals surface area contributed by atoms with E-state index >= 15 is 0 Å². The molecule has 2 atom stereocenters. The summed E-state index contributed by atoms with van der Waals surface area (Å²) >= 11 is 0. The lowest BCUT2D eigenvalue weighted by Gasteiger charge is -2.72. The lowest BCUT2D eigenvalue weighted by molar-refractivity contribution is -0.132. The van der Waals surface area contributed by atoms with Gasteiger partial charge in [0.15, 0.2) is 0 Å². The van der Waals surface area contributed by atoms with Gasteiger partial charge in [-0.1, -0.05) is 74.3 Å². The lowest BCUT2D eigenvalue weighted by Crippen LogP contribution is -2.68. The minimum absolute atomic E-state index is 0.518. The van der Waals surface area contributed by atoms with Crippen molar-refractivity contribution < 1.29 is 0 Å². The molecule has 104 valence electrons. The van der Waals surface area contributed by atoms with Crippen LogP contribution in [0.2, 0.25) is 0 Å². The van der Waals surface area contributed by atoms with Crippen molar-refractivity contribution in [3.05, 3.63) is 47.6 Å². The van der Waals surface area contributed by atoms with Gasteiger partial charge in [-0.2, -0.15) is 0 Å². The summed E-state index contributed by atoms with van der Waals surface area (Å²) in [5, 5.41) is 0. The van der Waals surface area contributed by atoms with Crippen molar-refractivity contribution in [2.45, 2.75) is 39.5 Å². The first-order valence-electron chi connectivity index (χ1n) is 8.59. The first-order valence-corrected chi connectivity index (χ1v) is 8.59. The number of allylic oxidation sites excluding steroid dienone is 8. The molecule has 0 nitrogen and oxygen atoms in total. The fourth-order valence-electron chi connectivity index (χ4n) is 6.47. The third-order valence-corrected chi connectivity index (χ3v) is 6.97. The van der Waals surface area contributed by atoms with Gasteiger partial charge < -0.3 is 0 Å².